The van der Waals surface area contributed by atoms with Gasteiger partial charge in [0.15, 0.2) is 0 Å². The van der Waals surface area contributed by atoms with E-state index in [1.54, 1.807) is 0 Å². The number of thioether (sulfide) groups is 1. The van der Waals surface area contributed by atoms with E-state index in [9.17, 15) is 0 Å². The Labute approximate surface area is 74.7 Å². The topological polar surface area (TPSA) is 9.23 Å². The van der Waals surface area contributed by atoms with Crippen LogP contribution in [0.4, 0.5) is 0 Å². The molecule has 1 aliphatic heterocycles. The van der Waals surface area contributed by atoms with E-state index in [0.29, 0.717) is 0 Å². The summed E-state index contributed by atoms with van der Waals surface area (Å²) in [6.07, 6.45) is 1.16. The summed E-state index contributed by atoms with van der Waals surface area (Å²) in [5, 5.41) is 0. The first-order valence-corrected chi connectivity index (χ1v) is 5.62. The van der Waals surface area contributed by atoms with Crippen molar-refractivity contribution in [3.63, 3.8) is 0 Å². The molecule has 0 aromatic heterocycles. The van der Waals surface area contributed by atoms with Gasteiger partial charge in [0.05, 0.1) is 5.60 Å². The van der Waals surface area contributed by atoms with E-state index in [4.69, 9.17) is 4.74 Å². The summed E-state index contributed by atoms with van der Waals surface area (Å²) >= 11 is 2.03. The lowest BCUT2D eigenvalue weighted by Crippen LogP contribution is -2.38. The molecule has 0 N–H and O–H groups in total. The molecule has 1 unspecified atom stereocenters. The first kappa shape index (κ1) is 9.46. The second kappa shape index (κ2) is 3.86. The Morgan fingerprint density at radius 2 is 2.45 bits per heavy atom. The summed E-state index contributed by atoms with van der Waals surface area (Å²) in [5.41, 5.74) is 0.208. The van der Waals surface area contributed by atoms with Crippen molar-refractivity contribution in [1.29, 1.82) is 0 Å². The van der Waals surface area contributed by atoms with Gasteiger partial charge in [-0.15, -0.1) is 0 Å². The van der Waals surface area contributed by atoms with Crippen LogP contribution in [0.1, 0.15) is 20.3 Å². The van der Waals surface area contributed by atoms with Crippen LogP contribution >= 0.6 is 11.8 Å². The Morgan fingerprint density at radius 3 is 2.82 bits per heavy atom. The lowest BCUT2D eigenvalue weighted by molar-refractivity contribution is -0.0342. The average Bonchev–Trinajstić information content (AvgIpc) is 2.35. The van der Waals surface area contributed by atoms with Crippen LogP contribution in [0, 0.1) is 5.92 Å². The van der Waals surface area contributed by atoms with Crippen molar-refractivity contribution in [1.82, 2.24) is 0 Å². The molecule has 0 amide bonds. The molecular formula is C8H17BOS. The molecule has 0 radical (unpaired) electrons. The van der Waals surface area contributed by atoms with Gasteiger partial charge in [-0.05, 0) is 18.1 Å². The summed E-state index contributed by atoms with van der Waals surface area (Å²) < 4.78 is 5.83. The zero-order valence-electron chi connectivity index (χ0n) is 7.72. The molecule has 0 spiro atoms. The highest BCUT2D eigenvalue weighted by molar-refractivity contribution is 7.99. The monoisotopic (exact) mass is 172 g/mol. The van der Waals surface area contributed by atoms with E-state index >= 15 is 0 Å². The van der Waals surface area contributed by atoms with Gasteiger partial charge in [0, 0.05) is 12.3 Å². The van der Waals surface area contributed by atoms with E-state index in [1.807, 2.05) is 11.8 Å². The molecule has 1 nitrogen and oxygen atoms in total. The normalized spacial score (nSPS) is 37.8. The van der Waals surface area contributed by atoms with Gasteiger partial charge in [-0.1, -0.05) is 13.8 Å². The molecule has 1 saturated heterocycles. The highest BCUT2D eigenvalue weighted by atomic mass is 32.2. The highest BCUT2D eigenvalue weighted by Crippen LogP contribution is 2.38. The summed E-state index contributed by atoms with van der Waals surface area (Å²) in [6.45, 7) is 5.40. The van der Waals surface area contributed by atoms with E-state index in [2.05, 4.69) is 21.7 Å². The summed E-state index contributed by atoms with van der Waals surface area (Å²) in [6, 6.07) is 0. The molecule has 2 atom stereocenters. The standard InChI is InChI=1S/C8H17BOS/c1-3-8(10-6-9)5-11-4-7(8)2/h7H,3-6,9H2,1-2H3/t7?,8-/m0/s1. The molecule has 3 heteroatoms. The minimum absolute atomic E-state index is 0.208. The molecule has 0 aromatic rings. The minimum atomic E-state index is 0.208. The Kier molecular flexibility index (Phi) is 3.32. The smallest absolute Gasteiger partial charge is 0.135 e. The fourth-order valence-electron chi connectivity index (χ4n) is 1.73. The molecule has 0 saturated carbocycles. The quantitative estimate of drug-likeness (QED) is 0.590. The van der Waals surface area contributed by atoms with Crippen LogP contribution in [0.5, 0.6) is 0 Å². The Morgan fingerprint density at radius 1 is 1.73 bits per heavy atom. The van der Waals surface area contributed by atoms with Gasteiger partial charge in [-0.25, -0.2) is 0 Å². The molecule has 64 valence electrons. The van der Waals surface area contributed by atoms with E-state index in [1.165, 1.54) is 11.5 Å². The predicted octanol–water partition coefficient (Wildman–Crippen LogP) is 1.13. The lowest BCUT2D eigenvalue weighted by atomic mass is 9.89. The third-order valence-corrected chi connectivity index (χ3v) is 4.07. The van der Waals surface area contributed by atoms with Crippen molar-refractivity contribution in [2.45, 2.75) is 25.9 Å². The van der Waals surface area contributed by atoms with Gasteiger partial charge in [0.25, 0.3) is 0 Å². The van der Waals surface area contributed by atoms with Gasteiger partial charge in [-0.3, -0.25) is 0 Å². The van der Waals surface area contributed by atoms with Crippen molar-refractivity contribution in [3.8, 4) is 0 Å². The van der Waals surface area contributed by atoms with Crippen LogP contribution in [-0.4, -0.2) is 31.5 Å². The maximum Gasteiger partial charge on any atom is 0.135 e. The van der Waals surface area contributed by atoms with Gasteiger partial charge in [0.1, 0.15) is 7.85 Å². The third-order valence-electron chi connectivity index (χ3n) is 2.64. The van der Waals surface area contributed by atoms with E-state index < -0.39 is 0 Å². The SMILES string of the molecule is BCO[C@@]1(CC)CSCC1C. The number of ether oxygens (including phenoxy) is 1. The molecule has 0 bridgehead atoms. The zero-order chi connectivity index (χ0) is 8.32. The van der Waals surface area contributed by atoms with Crippen molar-refractivity contribution < 1.29 is 4.74 Å². The molecule has 1 rings (SSSR count). The maximum absolute atomic E-state index is 5.83. The molecule has 11 heavy (non-hydrogen) atoms. The van der Waals surface area contributed by atoms with Gasteiger partial charge < -0.3 is 4.74 Å². The summed E-state index contributed by atoms with van der Waals surface area (Å²) in [7, 11) is 2.09. The number of hydrogen-bond donors (Lipinski definition) is 0. The first-order chi connectivity index (χ1) is 5.25. The van der Waals surface area contributed by atoms with Crippen molar-refractivity contribution in [3.05, 3.63) is 0 Å². The van der Waals surface area contributed by atoms with Crippen LogP contribution < -0.4 is 0 Å². The predicted molar refractivity (Wildman–Crippen MR) is 54.0 cm³/mol. The highest BCUT2D eigenvalue weighted by Gasteiger charge is 2.39. The Bertz CT molecular complexity index is 131. The van der Waals surface area contributed by atoms with Crippen molar-refractivity contribution in [2.75, 3.05) is 18.0 Å². The second-order valence-electron chi connectivity index (χ2n) is 3.27. The molecule has 1 fully saturated rings. The zero-order valence-corrected chi connectivity index (χ0v) is 8.54. The van der Waals surface area contributed by atoms with Crippen molar-refractivity contribution in [2.24, 2.45) is 5.92 Å². The van der Waals surface area contributed by atoms with Gasteiger partial charge in [0.2, 0.25) is 0 Å². The second-order valence-corrected chi connectivity index (χ2v) is 4.30. The van der Waals surface area contributed by atoms with Gasteiger partial charge in [-0.2, -0.15) is 11.8 Å². The lowest BCUT2D eigenvalue weighted by Gasteiger charge is -2.31. The minimum Gasteiger partial charge on any atom is -0.383 e. The van der Waals surface area contributed by atoms with Crippen LogP contribution in [0.25, 0.3) is 0 Å². The Balaban J connectivity index is 2.57. The van der Waals surface area contributed by atoms with Crippen LogP contribution in [-0.2, 0) is 4.74 Å². The van der Waals surface area contributed by atoms with Crippen molar-refractivity contribution >= 4 is 19.6 Å². The molecule has 1 heterocycles. The fourth-order valence-corrected chi connectivity index (χ4v) is 3.42. The average molecular weight is 172 g/mol. The van der Waals surface area contributed by atoms with E-state index in [0.717, 1.165) is 18.8 Å². The summed E-state index contributed by atoms with van der Waals surface area (Å²) in [4.78, 5) is 0. The molecule has 0 aliphatic carbocycles. The Hall–Kier alpha value is 0.375. The van der Waals surface area contributed by atoms with E-state index in [-0.39, 0.29) is 5.60 Å². The molecule has 0 aromatic carbocycles. The fraction of sp³-hybridized carbons (Fsp3) is 1.00. The van der Waals surface area contributed by atoms with Crippen LogP contribution in [0.15, 0.2) is 0 Å². The first-order valence-electron chi connectivity index (χ1n) is 4.47. The van der Waals surface area contributed by atoms with Crippen LogP contribution in [0.2, 0.25) is 0 Å². The van der Waals surface area contributed by atoms with Gasteiger partial charge >= 0.3 is 0 Å². The molecule has 1 aliphatic rings. The number of rotatable bonds is 3. The summed E-state index contributed by atoms with van der Waals surface area (Å²) in [5.74, 6) is 3.20. The maximum atomic E-state index is 5.83. The largest absolute Gasteiger partial charge is 0.383 e. The molecular weight excluding hydrogens is 155 g/mol. The van der Waals surface area contributed by atoms with Crippen LogP contribution in [0.3, 0.4) is 0 Å². The third kappa shape index (κ3) is 1.75. The number of hydrogen-bond acceptors (Lipinski definition) is 2.